The van der Waals surface area contributed by atoms with Crippen LogP contribution in [0.25, 0.3) is 0 Å². The van der Waals surface area contributed by atoms with E-state index in [1.165, 1.54) is 0 Å². The van der Waals surface area contributed by atoms with Crippen LogP contribution in [0.2, 0.25) is 0 Å². The molecule has 0 atom stereocenters. The van der Waals surface area contributed by atoms with Crippen molar-refractivity contribution in [2.75, 3.05) is 6.61 Å². The summed E-state index contributed by atoms with van der Waals surface area (Å²) >= 11 is 5.18. The van der Waals surface area contributed by atoms with E-state index < -0.39 is 5.92 Å². The molecule has 7 heteroatoms. The Morgan fingerprint density at radius 2 is 1.36 bits per heavy atom. The zero-order valence-corrected chi connectivity index (χ0v) is 19.4. The lowest BCUT2D eigenvalue weighted by Crippen LogP contribution is -2.49. The third-order valence-corrected chi connectivity index (χ3v) is 4.96. The third kappa shape index (κ3) is 7.15. The number of hydrazine groups is 1. The van der Waals surface area contributed by atoms with Gasteiger partial charge >= 0.3 is 0 Å². The Kier molecular flexibility index (Phi) is 8.55. The van der Waals surface area contributed by atoms with Gasteiger partial charge in [-0.1, -0.05) is 74.5 Å². The van der Waals surface area contributed by atoms with Crippen molar-refractivity contribution in [2.24, 2.45) is 5.92 Å². The van der Waals surface area contributed by atoms with Crippen molar-refractivity contribution in [1.82, 2.24) is 16.2 Å². The number of amides is 2. The summed E-state index contributed by atoms with van der Waals surface area (Å²) in [5, 5.41) is 2.56. The Labute approximate surface area is 199 Å². The average molecular weight is 462 g/mol. The maximum absolute atomic E-state index is 13.0. The van der Waals surface area contributed by atoms with Crippen LogP contribution in [0.5, 0.6) is 5.75 Å². The van der Waals surface area contributed by atoms with Crippen LogP contribution in [-0.2, 0) is 4.79 Å². The zero-order chi connectivity index (χ0) is 23.6. The molecule has 0 bridgehead atoms. The molecule has 2 amide bonds. The van der Waals surface area contributed by atoms with Crippen molar-refractivity contribution in [3.8, 4) is 5.75 Å². The van der Waals surface area contributed by atoms with Crippen molar-refractivity contribution in [1.29, 1.82) is 0 Å². The molecule has 0 radical (unpaired) electrons. The lowest BCUT2D eigenvalue weighted by Gasteiger charge is -2.19. The molecule has 0 aliphatic heterocycles. The summed E-state index contributed by atoms with van der Waals surface area (Å²) in [6, 6.07) is 25.7. The Bertz CT molecular complexity index is 1030. The molecule has 0 spiro atoms. The molecule has 0 aliphatic rings. The van der Waals surface area contributed by atoms with Crippen molar-refractivity contribution < 1.29 is 14.3 Å². The number of rotatable bonds is 7. The highest BCUT2D eigenvalue weighted by Gasteiger charge is 2.22. The number of thiocarbonyl (C=S) groups is 1. The van der Waals surface area contributed by atoms with E-state index in [1.807, 2.05) is 60.7 Å². The van der Waals surface area contributed by atoms with Gasteiger partial charge in [-0.3, -0.25) is 25.8 Å². The summed E-state index contributed by atoms with van der Waals surface area (Å²) in [6.45, 7) is 4.74. The van der Waals surface area contributed by atoms with Crippen molar-refractivity contribution in [3.05, 3.63) is 102 Å². The van der Waals surface area contributed by atoms with Gasteiger partial charge in [0.15, 0.2) is 5.11 Å². The first kappa shape index (κ1) is 23.9. The van der Waals surface area contributed by atoms with E-state index in [0.717, 1.165) is 11.1 Å². The lowest BCUT2D eigenvalue weighted by atomic mass is 9.91. The van der Waals surface area contributed by atoms with Crippen LogP contribution in [-0.4, -0.2) is 23.5 Å². The third-order valence-electron chi connectivity index (χ3n) is 4.75. The average Bonchev–Trinajstić information content (AvgIpc) is 2.83. The van der Waals surface area contributed by atoms with Crippen LogP contribution in [0.1, 0.15) is 41.3 Å². The van der Waals surface area contributed by atoms with Crippen LogP contribution >= 0.6 is 12.2 Å². The first-order chi connectivity index (χ1) is 15.9. The minimum Gasteiger partial charge on any atom is -0.493 e. The molecule has 6 nitrogen and oxygen atoms in total. The predicted molar refractivity (Wildman–Crippen MR) is 133 cm³/mol. The fourth-order valence-corrected chi connectivity index (χ4v) is 3.29. The largest absolute Gasteiger partial charge is 0.493 e. The monoisotopic (exact) mass is 461 g/mol. The number of nitrogens with one attached hydrogen (secondary N) is 3. The zero-order valence-electron chi connectivity index (χ0n) is 18.6. The van der Waals surface area contributed by atoms with Gasteiger partial charge in [0.05, 0.1) is 12.5 Å². The van der Waals surface area contributed by atoms with E-state index in [0.29, 0.717) is 23.8 Å². The Balaban J connectivity index is 1.57. The van der Waals surface area contributed by atoms with Crippen LogP contribution in [0.3, 0.4) is 0 Å². The van der Waals surface area contributed by atoms with Crippen molar-refractivity contribution >= 4 is 29.1 Å². The predicted octanol–water partition coefficient (Wildman–Crippen LogP) is 4.19. The van der Waals surface area contributed by atoms with Gasteiger partial charge in [-0.2, -0.15) is 0 Å². The van der Waals surface area contributed by atoms with E-state index in [2.05, 4.69) is 30.0 Å². The number of carbonyl (C=O) groups is 2. The molecule has 3 N–H and O–H groups in total. The lowest BCUT2D eigenvalue weighted by molar-refractivity contribution is -0.122. The van der Waals surface area contributed by atoms with E-state index in [-0.39, 0.29) is 16.9 Å². The number of carbonyl (C=O) groups excluding carboxylic acids is 2. The molecule has 0 aliphatic carbocycles. The maximum Gasteiger partial charge on any atom is 0.257 e. The molecule has 0 unspecified atom stereocenters. The van der Waals surface area contributed by atoms with E-state index in [9.17, 15) is 9.59 Å². The Morgan fingerprint density at radius 1 is 0.818 bits per heavy atom. The highest BCUT2D eigenvalue weighted by Crippen LogP contribution is 2.24. The minimum atomic E-state index is -0.531. The second-order valence-electron chi connectivity index (χ2n) is 7.88. The fraction of sp³-hybridized carbons (Fsp3) is 0.192. The van der Waals surface area contributed by atoms with Crippen LogP contribution in [0.4, 0.5) is 0 Å². The van der Waals surface area contributed by atoms with Gasteiger partial charge in [0.2, 0.25) is 5.91 Å². The second-order valence-corrected chi connectivity index (χ2v) is 8.29. The molecular formula is C26H27N3O3S. The summed E-state index contributed by atoms with van der Waals surface area (Å²) < 4.78 is 5.63. The highest BCUT2D eigenvalue weighted by atomic mass is 32.1. The molecule has 0 heterocycles. The normalized spacial score (nSPS) is 10.5. The van der Waals surface area contributed by atoms with E-state index in [4.69, 9.17) is 17.0 Å². The molecule has 0 fully saturated rings. The summed E-state index contributed by atoms with van der Waals surface area (Å²) in [7, 11) is 0. The molecular weight excluding hydrogens is 434 g/mol. The fourth-order valence-electron chi connectivity index (χ4n) is 3.15. The molecule has 170 valence electrons. The van der Waals surface area contributed by atoms with Gasteiger partial charge in [-0.05, 0) is 53.5 Å². The smallest absolute Gasteiger partial charge is 0.257 e. The van der Waals surface area contributed by atoms with Crippen LogP contribution in [0.15, 0.2) is 84.9 Å². The Morgan fingerprint density at radius 3 is 1.88 bits per heavy atom. The van der Waals surface area contributed by atoms with Gasteiger partial charge in [0, 0.05) is 5.56 Å². The van der Waals surface area contributed by atoms with E-state index >= 15 is 0 Å². The van der Waals surface area contributed by atoms with Gasteiger partial charge in [-0.25, -0.2) is 0 Å². The Hall–Kier alpha value is -3.71. The van der Waals surface area contributed by atoms with Crippen molar-refractivity contribution in [2.45, 2.75) is 19.8 Å². The minimum absolute atomic E-state index is 0.00615. The van der Waals surface area contributed by atoms with Crippen LogP contribution < -0.4 is 20.9 Å². The molecule has 33 heavy (non-hydrogen) atoms. The molecule has 3 aromatic rings. The van der Waals surface area contributed by atoms with Gasteiger partial charge in [0.25, 0.3) is 5.91 Å². The number of benzene rings is 3. The maximum atomic E-state index is 13.0. The van der Waals surface area contributed by atoms with E-state index in [1.54, 1.807) is 24.3 Å². The number of ether oxygens (including phenoxy) is 1. The number of hydrogen-bond donors (Lipinski definition) is 3. The summed E-state index contributed by atoms with van der Waals surface area (Å²) in [5.74, 6) is -0.108. The van der Waals surface area contributed by atoms with Gasteiger partial charge < -0.3 is 4.74 Å². The molecule has 0 saturated carbocycles. The van der Waals surface area contributed by atoms with Gasteiger partial charge in [0.1, 0.15) is 5.75 Å². The highest BCUT2D eigenvalue weighted by molar-refractivity contribution is 7.80. The molecule has 0 saturated heterocycles. The summed E-state index contributed by atoms with van der Waals surface area (Å²) in [5.41, 5.74) is 7.35. The first-order valence-corrected chi connectivity index (χ1v) is 11.1. The quantitative estimate of drug-likeness (QED) is 0.363. The first-order valence-electron chi connectivity index (χ1n) is 10.7. The summed E-state index contributed by atoms with van der Waals surface area (Å²) in [4.78, 5) is 25.5. The second kappa shape index (κ2) is 11.8. The molecule has 0 aromatic heterocycles. The van der Waals surface area contributed by atoms with Crippen molar-refractivity contribution in [3.63, 3.8) is 0 Å². The number of hydrogen-bond acceptors (Lipinski definition) is 4. The topological polar surface area (TPSA) is 79.5 Å². The summed E-state index contributed by atoms with van der Waals surface area (Å²) in [6.07, 6.45) is 0. The standard InChI is InChI=1S/C26H27N3O3S/c1-18(2)17-32-22-15-13-21(14-16-22)24(30)27-26(33)29-28-25(31)23(19-9-5-3-6-10-19)20-11-7-4-8-12-20/h3-16,18,23H,17H2,1-2H3,(H,28,31)(H2,27,29,30,33). The molecule has 3 aromatic carbocycles. The van der Waals surface area contributed by atoms with Gasteiger partial charge in [-0.15, -0.1) is 0 Å². The van der Waals surface area contributed by atoms with Crippen LogP contribution in [0, 0.1) is 5.92 Å². The SMILES string of the molecule is CC(C)COc1ccc(C(=O)NC(=S)NNC(=O)C(c2ccccc2)c2ccccc2)cc1. The molecule has 3 rings (SSSR count).